The lowest BCUT2D eigenvalue weighted by Gasteiger charge is -2.13. The summed E-state index contributed by atoms with van der Waals surface area (Å²) in [6.07, 6.45) is 1.71. The molecule has 0 saturated heterocycles. The first-order valence-electron chi connectivity index (χ1n) is 8.84. The highest BCUT2D eigenvalue weighted by Gasteiger charge is 2.21. The number of nitrogens with zero attached hydrogens (tertiary/aromatic N) is 2. The predicted octanol–water partition coefficient (Wildman–Crippen LogP) is 5.96. The zero-order valence-electron chi connectivity index (χ0n) is 15.6. The van der Waals surface area contributed by atoms with Crippen molar-refractivity contribution >= 4 is 46.0 Å². The lowest BCUT2D eigenvalue weighted by atomic mass is 10.1. The van der Waals surface area contributed by atoms with Gasteiger partial charge < -0.3 is 0 Å². The van der Waals surface area contributed by atoms with Gasteiger partial charge in [-0.15, -0.1) is 0 Å². The Bertz CT molecular complexity index is 975. The fourth-order valence-corrected chi connectivity index (χ4v) is 5.80. The Morgan fingerprint density at radius 3 is 2.44 bits per heavy atom. The van der Waals surface area contributed by atoms with Gasteiger partial charge in [-0.3, -0.25) is 9.13 Å². The first-order chi connectivity index (χ1) is 12.9. The van der Waals surface area contributed by atoms with Crippen LogP contribution in [0.15, 0.2) is 63.2 Å². The molecule has 0 bridgehead atoms. The van der Waals surface area contributed by atoms with Crippen LogP contribution in [-0.2, 0) is 19.9 Å². The topological polar surface area (TPSA) is 26.9 Å². The fourth-order valence-electron chi connectivity index (χ4n) is 3.09. The summed E-state index contributed by atoms with van der Waals surface area (Å²) in [6, 6.07) is 16.5. The van der Waals surface area contributed by atoms with Crippen LogP contribution < -0.4 is 5.69 Å². The molecule has 0 N–H and O–H groups in total. The van der Waals surface area contributed by atoms with Crippen LogP contribution in [0.25, 0.3) is 0 Å². The molecule has 27 heavy (non-hydrogen) atoms. The molecule has 0 unspecified atom stereocenters. The molecule has 0 radical (unpaired) electrons. The third-order valence-electron chi connectivity index (χ3n) is 4.42. The zero-order valence-corrected chi connectivity index (χ0v) is 19.3. The molecule has 0 fully saturated rings. The molecule has 0 atom stereocenters. The van der Waals surface area contributed by atoms with E-state index in [9.17, 15) is 4.79 Å². The standard InChI is InChI=1S/C21H22ClIN2OS/c1-14(2)25-20(27-18-12-16(22)11-17(23)13-18)19(24(3)21(25)26)10-9-15-7-5-4-6-8-15/h4-8,11-14H,9-10H2,1-3H3. The molecule has 6 heteroatoms. The third kappa shape index (κ3) is 4.81. The number of benzene rings is 2. The van der Waals surface area contributed by atoms with Crippen LogP contribution in [-0.4, -0.2) is 9.13 Å². The summed E-state index contributed by atoms with van der Waals surface area (Å²) in [5, 5.41) is 1.72. The minimum Gasteiger partial charge on any atom is -0.298 e. The van der Waals surface area contributed by atoms with Crippen molar-refractivity contribution < 1.29 is 0 Å². The minimum absolute atomic E-state index is 0.0345. The van der Waals surface area contributed by atoms with E-state index in [0.29, 0.717) is 5.02 Å². The van der Waals surface area contributed by atoms with Gasteiger partial charge in [0.1, 0.15) is 5.03 Å². The van der Waals surface area contributed by atoms with Gasteiger partial charge >= 0.3 is 5.69 Å². The molecule has 3 aromatic rings. The van der Waals surface area contributed by atoms with Crippen molar-refractivity contribution in [3.8, 4) is 0 Å². The number of hydrogen-bond acceptors (Lipinski definition) is 2. The van der Waals surface area contributed by atoms with Gasteiger partial charge in [0.05, 0.1) is 5.69 Å². The molecule has 0 aliphatic heterocycles. The Morgan fingerprint density at radius 2 is 1.81 bits per heavy atom. The quantitative estimate of drug-likeness (QED) is 0.381. The molecular weight excluding hydrogens is 491 g/mol. The second kappa shape index (κ2) is 8.88. The van der Waals surface area contributed by atoms with Gasteiger partial charge in [0.2, 0.25) is 0 Å². The summed E-state index contributed by atoms with van der Waals surface area (Å²) < 4.78 is 4.77. The molecular formula is C21H22ClIN2OS. The van der Waals surface area contributed by atoms with Crippen molar-refractivity contribution in [2.75, 3.05) is 0 Å². The second-order valence-electron chi connectivity index (χ2n) is 6.75. The maximum atomic E-state index is 12.9. The van der Waals surface area contributed by atoms with Gasteiger partial charge in [0.15, 0.2) is 0 Å². The Kier molecular flexibility index (Phi) is 6.76. The molecule has 0 aliphatic rings. The lowest BCUT2D eigenvalue weighted by Crippen LogP contribution is -2.24. The molecule has 0 amide bonds. The first kappa shape index (κ1) is 20.6. The Balaban J connectivity index is 2.01. The molecule has 1 aromatic heterocycles. The van der Waals surface area contributed by atoms with Crippen molar-refractivity contribution in [1.82, 2.24) is 9.13 Å². The Morgan fingerprint density at radius 1 is 1.11 bits per heavy atom. The van der Waals surface area contributed by atoms with E-state index in [1.54, 1.807) is 16.3 Å². The van der Waals surface area contributed by atoms with E-state index in [1.165, 1.54) is 5.56 Å². The smallest absolute Gasteiger partial charge is 0.298 e. The van der Waals surface area contributed by atoms with E-state index in [-0.39, 0.29) is 11.7 Å². The van der Waals surface area contributed by atoms with Crippen LogP contribution in [0.4, 0.5) is 0 Å². The molecule has 142 valence electrons. The van der Waals surface area contributed by atoms with E-state index < -0.39 is 0 Å². The van der Waals surface area contributed by atoms with Gasteiger partial charge in [0, 0.05) is 26.6 Å². The number of aryl methyl sites for hydroxylation is 1. The number of rotatable bonds is 6. The van der Waals surface area contributed by atoms with Gasteiger partial charge in [-0.2, -0.15) is 0 Å². The summed E-state index contributed by atoms with van der Waals surface area (Å²) in [6.45, 7) is 4.10. The van der Waals surface area contributed by atoms with E-state index in [1.807, 2.05) is 43.7 Å². The molecule has 3 nitrogen and oxygen atoms in total. The molecule has 1 heterocycles. The van der Waals surface area contributed by atoms with Crippen LogP contribution in [0.5, 0.6) is 0 Å². The van der Waals surface area contributed by atoms with Crippen molar-refractivity contribution in [3.05, 3.63) is 78.9 Å². The largest absolute Gasteiger partial charge is 0.329 e. The number of halogens is 2. The van der Waals surface area contributed by atoms with Crippen molar-refractivity contribution in [2.24, 2.45) is 7.05 Å². The summed E-state index contributed by atoms with van der Waals surface area (Å²) in [5.74, 6) is 0. The Hall–Kier alpha value is -1.18. The Labute approximate surface area is 182 Å². The summed E-state index contributed by atoms with van der Waals surface area (Å²) >= 11 is 10.1. The van der Waals surface area contributed by atoms with Gasteiger partial charge in [-0.1, -0.05) is 53.7 Å². The zero-order chi connectivity index (χ0) is 19.6. The lowest BCUT2D eigenvalue weighted by molar-refractivity contribution is 0.533. The van der Waals surface area contributed by atoms with Crippen molar-refractivity contribution in [1.29, 1.82) is 0 Å². The summed E-state index contributed by atoms with van der Waals surface area (Å²) in [5.41, 5.74) is 2.38. The van der Waals surface area contributed by atoms with Crippen LogP contribution in [0.3, 0.4) is 0 Å². The highest BCUT2D eigenvalue weighted by atomic mass is 127. The van der Waals surface area contributed by atoms with Crippen molar-refractivity contribution in [2.45, 2.75) is 42.7 Å². The molecule has 0 saturated carbocycles. The highest BCUT2D eigenvalue weighted by Crippen LogP contribution is 2.34. The highest BCUT2D eigenvalue weighted by molar-refractivity contribution is 14.1. The van der Waals surface area contributed by atoms with Crippen LogP contribution in [0, 0.1) is 3.57 Å². The molecule has 3 rings (SSSR count). The average Bonchev–Trinajstić information content (AvgIpc) is 2.83. The van der Waals surface area contributed by atoms with E-state index in [0.717, 1.165) is 32.0 Å². The van der Waals surface area contributed by atoms with Gasteiger partial charge in [0.25, 0.3) is 0 Å². The minimum atomic E-state index is 0.0345. The monoisotopic (exact) mass is 512 g/mol. The predicted molar refractivity (Wildman–Crippen MR) is 122 cm³/mol. The van der Waals surface area contributed by atoms with E-state index in [2.05, 4.69) is 52.9 Å². The molecule has 0 spiro atoms. The normalized spacial score (nSPS) is 11.3. The van der Waals surface area contributed by atoms with E-state index in [4.69, 9.17) is 11.6 Å². The third-order valence-corrected chi connectivity index (χ3v) is 6.36. The number of aromatic nitrogens is 2. The SMILES string of the molecule is CC(C)n1c(Sc2cc(Cl)cc(I)c2)c(CCc2ccccc2)n(C)c1=O. The maximum absolute atomic E-state index is 12.9. The van der Waals surface area contributed by atoms with Crippen LogP contribution in [0.1, 0.15) is 31.1 Å². The average molecular weight is 513 g/mol. The van der Waals surface area contributed by atoms with Gasteiger partial charge in [-0.05, 0) is 73.0 Å². The number of imidazole rings is 1. The van der Waals surface area contributed by atoms with Gasteiger partial charge in [-0.25, -0.2) is 4.79 Å². The number of hydrogen-bond donors (Lipinski definition) is 0. The van der Waals surface area contributed by atoms with Crippen molar-refractivity contribution in [3.63, 3.8) is 0 Å². The fraction of sp³-hybridized carbons (Fsp3) is 0.286. The molecule has 0 aliphatic carbocycles. The van der Waals surface area contributed by atoms with E-state index >= 15 is 0 Å². The van der Waals surface area contributed by atoms with Crippen LogP contribution in [0.2, 0.25) is 5.02 Å². The first-order valence-corrected chi connectivity index (χ1v) is 11.1. The molecule has 2 aromatic carbocycles. The second-order valence-corrected chi connectivity index (χ2v) is 9.49. The summed E-state index contributed by atoms with van der Waals surface area (Å²) in [7, 11) is 1.87. The van der Waals surface area contributed by atoms with Crippen LogP contribution >= 0.6 is 46.0 Å². The summed E-state index contributed by atoms with van der Waals surface area (Å²) in [4.78, 5) is 13.9. The maximum Gasteiger partial charge on any atom is 0.329 e.